The van der Waals surface area contributed by atoms with Gasteiger partial charge in [0.05, 0.1) is 13.2 Å². The lowest BCUT2D eigenvalue weighted by atomic mass is 10.8. The van der Waals surface area contributed by atoms with Crippen LogP contribution >= 0.6 is 17.2 Å². The zero-order chi connectivity index (χ0) is 7.98. The van der Waals surface area contributed by atoms with Crippen molar-refractivity contribution in [3.8, 4) is 0 Å². The first-order chi connectivity index (χ1) is 4.66. The third-order valence-corrected chi connectivity index (χ3v) is 1.98. The van der Waals surface area contributed by atoms with E-state index in [1.165, 1.54) is 0 Å². The zero-order valence-corrected chi connectivity index (χ0v) is 6.70. The molecule has 0 aromatic heterocycles. The van der Waals surface area contributed by atoms with Gasteiger partial charge in [-0.05, 0) is 0 Å². The van der Waals surface area contributed by atoms with Crippen LogP contribution in [0, 0.1) is 0 Å². The van der Waals surface area contributed by atoms with Gasteiger partial charge in [-0.2, -0.15) is 0 Å². The summed E-state index contributed by atoms with van der Waals surface area (Å²) in [5, 5.41) is 8.15. The summed E-state index contributed by atoms with van der Waals surface area (Å²) in [5.74, 6) is 0. The number of rotatable bonds is 5. The second-order valence-corrected chi connectivity index (χ2v) is 3.02. The van der Waals surface area contributed by atoms with E-state index in [1.54, 1.807) is 0 Å². The Bertz CT molecular complexity index is 78.1. The molecule has 1 unspecified atom stereocenters. The summed E-state index contributed by atoms with van der Waals surface area (Å²) < 4.78 is 8.36. The van der Waals surface area contributed by atoms with Crippen LogP contribution in [-0.2, 0) is 8.83 Å². The van der Waals surface area contributed by atoms with E-state index in [9.17, 15) is 0 Å². The number of aliphatic hydroxyl groups is 1. The summed E-state index contributed by atoms with van der Waals surface area (Å²) in [6, 6.07) is 0. The SMILES string of the molecule is OCCOP(O)OP(O)O. The van der Waals surface area contributed by atoms with Crippen molar-refractivity contribution in [2.45, 2.75) is 0 Å². The monoisotopic (exact) mass is 190 g/mol. The van der Waals surface area contributed by atoms with Crippen LogP contribution in [0.4, 0.5) is 0 Å². The quantitative estimate of drug-likeness (QED) is 0.434. The van der Waals surface area contributed by atoms with E-state index < -0.39 is 17.2 Å². The Kier molecular flexibility index (Phi) is 6.73. The molecule has 8 heteroatoms. The van der Waals surface area contributed by atoms with Crippen LogP contribution in [0.1, 0.15) is 0 Å². The fraction of sp³-hybridized carbons (Fsp3) is 1.00. The van der Waals surface area contributed by atoms with Crippen LogP contribution in [0.3, 0.4) is 0 Å². The highest BCUT2D eigenvalue weighted by atomic mass is 31.2. The van der Waals surface area contributed by atoms with E-state index in [0.29, 0.717) is 0 Å². The van der Waals surface area contributed by atoms with Crippen LogP contribution in [-0.4, -0.2) is 33.0 Å². The van der Waals surface area contributed by atoms with E-state index in [4.69, 9.17) is 19.8 Å². The molecule has 10 heavy (non-hydrogen) atoms. The molecule has 6 nitrogen and oxygen atoms in total. The van der Waals surface area contributed by atoms with Crippen molar-refractivity contribution in [2.24, 2.45) is 0 Å². The van der Waals surface area contributed by atoms with Crippen LogP contribution in [0.15, 0.2) is 0 Å². The Balaban J connectivity index is 3.16. The lowest BCUT2D eigenvalue weighted by Gasteiger charge is -2.08. The van der Waals surface area contributed by atoms with Crippen LogP contribution in [0.5, 0.6) is 0 Å². The standard InChI is InChI=1S/C2H8O6P2/c3-1-2-7-10(6)8-9(4)5/h3-6H,1-2H2. The largest absolute Gasteiger partial charge is 0.394 e. The molecule has 0 aliphatic carbocycles. The molecular formula is C2H8O6P2. The van der Waals surface area contributed by atoms with Crippen molar-refractivity contribution < 1.29 is 28.6 Å². The van der Waals surface area contributed by atoms with Gasteiger partial charge in [-0.3, -0.25) is 0 Å². The van der Waals surface area contributed by atoms with Crippen molar-refractivity contribution in [3.05, 3.63) is 0 Å². The average molecular weight is 190 g/mol. The van der Waals surface area contributed by atoms with Crippen LogP contribution in [0.2, 0.25) is 0 Å². The lowest BCUT2D eigenvalue weighted by Crippen LogP contribution is -1.94. The molecule has 0 spiro atoms. The van der Waals surface area contributed by atoms with Crippen molar-refractivity contribution >= 4 is 17.2 Å². The highest BCUT2D eigenvalue weighted by Crippen LogP contribution is 2.45. The molecule has 0 heterocycles. The molecule has 0 bridgehead atoms. The molecule has 1 atom stereocenters. The first-order valence-corrected chi connectivity index (χ1v) is 4.55. The molecule has 0 saturated carbocycles. The highest BCUT2D eigenvalue weighted by Gasteiger charge is 2.11. The predicted molar refractivity (Wildman–Crippen MR) is 34.6 cm³/mol. The summed E-state index contributed by atoms with van der Waals surface area (Å²) in [6.45, 7) is -0.344. The first-order valence-electron chi connectivity index (χ1n) is 2.25. The maximum atomic E-state index is 8.56. The summed E-state index contributed by atoms with van der Waals surface area (Å²) in [5.41, 5.74) is 0. The molecule has 0 rings (SSSR count). The zero-order valence-electron chi connectivity index (χ0n) is 4.91. The molecule has 4 N–H and O–H groups in total. The van der Waals surface area contributed by atoms with E-state index >= 15 is 0 Å². The Labute approximate surface area is 60.0 Å². The average Bonchev–Trinajstić information content (AvgIpc) is 1.82. The molecule has 0 radical (unpaired) electrons. The normalized spacial score (nSPS) is 14.1. The summed E-state index contributed by atoms with van der Waals surface area (Å²) in [7, 11) is -4.84. The predicted octanol–water partition coefficient (Wildman–Crippen LogP) is -0.557. The van der Waals surface area contributed by atoms with E-state index in [-0.39, 0.29) is 13.2 Å². The van der Waals surface area contributed by atoms with Crippen LogP contribution in [0.25, 0.3) is 0 Å². The molecule has 62 valence electrons. The van der Waals surface area contributed by atoms with Gasteiger partial charge in [0.2, 0.25) is 0 Å². The van der Waals surface area contributed by atoms with Gasteiger partial charge in [0.1, 0.15) is 0 Å². The second kappa shape index (κ2) is 6.34. The maximum absolute atomic E-state index is 8.56. The maximum Gasteiger partial charge on any atom is 0.337 e. The third kappa shape index (κ3) is 6.74. The number of hydrogen-bond donors (Lipinski definition) is 4. The Morgan fingerprint density at radius 2 is 1.80 bits per heavy atom. The molecule has 0 fully saturated rings. The minimum Gasteiger partial charge on any atom is -0.394 e. The van der Waals surface area contributed by atoms with Gasteiger partial charge in [-0.1, -0.05) is 0 Å². The van der Waals surface area contributed by atoms with Crippen molar-refractivity contribution in [1.82, 2.24) is 0 Å². The van der Waals surface area contributed by atoms with Crippen molar-refractivity contribution in [3.63, 3.8) is 0 Å². The Hall–Kier alpha value is 0.620. The molecule has 0 aromatic carbocycles. The second-order valence-electron chi connectivity index (χ2n) is 1.13. The van der Waals surface area contributed by atoms with Gasteiger partial charge in [0, 0.05) is 0 Å². The van der Waals surface area contributed by atoms with Gasteiger partial charge < -0.3 is 24.3 Å². The van der Waals surface area contributed by atoms with Crippen molar-refractivity contribution in [1.29, 1.82) is 0 Å². The minimum atomic E-state index is -2.58. The molecule has 0 amide bonds. The van der Waals surface area contributed by atoms with E-state index in [1.807, 2.05) is 0 Å². The minimum absolute atomic E-state index is 0.0919. The van der Waals surface area contributed by atoms with Gasteiger partial charge in [0.25, 0.3) is 0 Å². The smallest absolute Gasteiger partial charge is 0.337 e. The fourth-order valence-electron chi connectivity index (χ4n) is 0.205. The van der Waals surface area contributed by atoms with E-state index in [2.05, 4.69) is 8.83 Å². The van der Waals surface area contributed by atoms with Gasteiger partial charge in [-0.15, -0.1) is 0 Å². The van der Waals surface area contributed by atoms with E-state index in [0.717, 1.165) is 0 Å². The van der Waals surface area contributed by atoms with Gasteiger partial charge >= 0.3 is 17.2 Å². The molecule has 0 aliphatic heterocycles. The summed E-state index contributed by atoms with van der Waals surface area (Å²) in [6.07, 6.45) is 0. The lowest BCUT2D eigenvalue weighted by molar-refractivity contribution is 0.180. The highest BCUT2D eigenvalue weighted by molar-refractivity contribution is 7.54. The summed E-state index contributed by atoms with van der Waals surface area (Å²) in [4.78, 5) is 24.8. The number of aliphatic hydroxyl groups excluding tert-OH is 1. The Morgan fingerprint density at radius 3 is 2.20 bits per heavy atom. The third-order valence-electron chi connectivity index (χ3n) is 0.436. The van der Waals surface area contributed by atoms with Crippen LogP contribution < -0.4 is 0 Å². The van der Waals surface area contributed by atoms with Gasteiger partial charge in [0.15, 0.2) is 0 Å². The molecule has 0 aliphatic rings. The topological polar surface area (TPSA) is 99.4 Å². The van der Waals surface area contributed by atoms with Gasteiger partial charge in [-0.25, -0.2) is 4.31 Å². The molecule has 0 saturated heterocycles. The van der Waals surface area contributed by atoms with Crippen molar-refractivity contribution in [2.75, 3.05) is 13.2 Å². The summed E-state index contributed by atoms with van der Waals surface area (Å²) >= 11 is 0. The molecule has 0 aromatic rings. The number of hydrogen-bond acceptors (Lipinski definition) is 6. The first kappa shape index (κ1) is 10.6. The molecular weight excluding hydrogens is 182 g/mol. The fourth-order valence-corrected chi connectivity index (χ4v) is 1.13. The Morgan fingerprint density at radius 1 is 1.20 bits per heavy atom.